The summed E-state index contributed by atoms with van der Waals surface area (Å²) in [5.41, 5.74) is 5.76. The lowest BCUT2D eigenvalue weighted by molar-refractivity contribution is 0.972. The number of thiazole rings is 1. The minimum Gasteiger partial charge on any atom is -0.276 e. The summed E-state index contributed by atoms with van der Waals surface area (Å²) in [5.74, 6) is -0.969. The van der Waals surface area contributed by atoms with Crippen molar-refractivity contribution in [1.29, 1.82) is 10.5 Å². The van der Waals surface area contributed by atoms with Crippen LogP contribution in [0.3, 0.4) is 0 Å². The average Bonchev–Trinajstić information content (AvgIpc) is 3.14. The Morgan fingerprint density at radius 1 is 0.964 bits per heavy atom. The molecule has 0 bridgehead atoms. The highest BCUT2D eigenvalue weighted by Crippen LogP contribution is 2.26. The highest BCUT2D eigenvalue weighted by Gasteiger charge is 2.20. The van der Waals surface area contributed by atoms with Crippen LogP contribution >= 0.6 is 11.3 Å². The van der Waals surface area contributed by atoms with E-state index in [0.29, 0.717) is 20.8 Å². The predicted molar refractivity (Wildman–Crippen MR) is 106 cm³/mol. The van der Waals surface area contributed by atoms with Crippen LogP contribution in [-0.2, 0) is 0 Å². The second kappa shape index (κ2) is 7.70. The van der Waals surface area contributed by atoms with Crippen LogP contribution < -0.4 is 10.2 Å². The molecule has 0 saturated carbocycles. The summed E-state index contributed by atoms with van der Waals surface area (Å²) in [4.78, 5) is 9.22. The van der Waals surface area contributed by atoms with E-state index in [1.165, 1.54) is 17.7 Å². The Hall–Kier alpha value is -4.01. The minimum atomic E-state index is -0.969. The number of fused-ring (bicyclic) bond motifs is 1. The number of benzene rings is 2. The fourth-order valence-corrected chi connectivity index (χ4v) is 3.79. The fourth-order valence-electron chi connectivity index (χ4n) is 2.73. The van der Waals surface area contributed by atoms with Crippen molar-refractivity contribution in [1.82, 2.24) is 14.5 Å². The molecular formula is C20H13N7S. The van der Waals surface area contributed by atoms with Crippen LogP contribution in [0.4, 0.5) is 5.69 Å². The molecule has 0 aliphatic carbocycles. The van der Waals surface area contributed by atoms with Crippen molar-refractivity contribution in [3.05, 3.63) is 77.5 Å². The van der Waals surface area contributed by atoms with Gasteiger partial charge in [0.25, 0.3) is 0 Å². The van der Waals surface area contributed by atoms with Gasteiger partial charge in [0.1, 0.15) is 6.33 Å². The number of rotatable bonds is 4. The normalized spacial score (nSPS) is 11.3. The van der Waals surface area contributed by atoms with Crippen LogP contribution in [0.5, 0.6) is 0 Å². The molecule has 0 saturated heterocycles. The van der Waals surface area contributed by atoms with Crippen LogP contribution in [0, 0.1) is 22.7 Å². The van der Waals surface area contributed by atoms with E-state index in [-0.39, 0.29) is 0 Å². The largest absolute Gasteiger partial charge is 0.276 e. The highest BCUT2D eigenvalue weighted by molar-refractivity contribution is 7.16. The zero-order valence-electron chi connectivity index (χ0n) is 14.5. The van der Waals surface area contributed by atoms with Crippen molar-refractivity contribution in [3.8, 4) is 17.8 Å². The van der Waals surface area contributed by atoms with Crippen LogP contribution in [0.25, 0.3) is 16.0 Å². The third kappa shape index (κ3) is 3.20. The van der Waals surface area contributed by atoms with Gasteiger partial charge in [-0.1, -0.05) is 47.7 Å². The molecule has 2 heterocycles. The molecule has 2 aromatic heterocycles. The van der Waals surface area contributed by atoms with E-state index in [4.69, 9.17) is 0 Å². The Labute approximate surface area is 164 Å². The third-order valence-electron chi connectivity index (χ3n) is 4.01. The number of para-hydroxylation sites is 2. The number of nitriles is 2. The van der Waals surface area contributed by atoms with E-state index in [1.54, 1.807) is 0 Å². The molecule has 134 valence electrons. The molecule has 1 N–H and O–H groups in total. The van der Waals surface area contributed by atoms with E-state index < -0.39 is 5.92 Å². The molecule has 0 atom stereocenters. The molecule has 4 aromatic rings. The van der Waals surface area contributed by atoms with Gasteiger partial charge in [-0.3, -0.25) is 9.99 Å². The van der Waals surface area contributed by atoms with Crippen LogP contribution in [0.15, 0.2) is 72.1 Å². The van der Waals surface area contributed by atoms with Gasteiger partial charge in [-0.25, -0.2) is 9.97 Å². The molecular weight excluding hydrogens is 370 g/mol. The molecule has 0 radical (unpaired) electrons. The summed E-state index contributed by atoms with van der Waals surface area (Å²) in [5, 5.41) is 23.2. The van der Waals surface area contributed by atoms with Crippen molar-refractivity contribution in [2.75, 3.05) is 5.43 Å². The van der Waals surface area contributed by atoms with Gasteiger partial charge in [-0.05, 0) is 24.3 Å². The maximum atomic E-state index is 9.31. The first kappa shape index (κ1) is 17.4. The van der Waals surface area contributed by atoms with Crippen molar-refractivity contribution in [2.24, 2.45) is 5.10 Å². The summed E-state index contributed by atoms with van der Waals surface area (Å²) in [6.07, 6.45) is 1.37. The number of nitrogens with zero attached hydrogens (tertiary/aromatic N) is 6. The Kier molecular flexibility index (Phi) is 4.79. The number of hydrogen-bond acceptors (Lipinski definition) is 7. The maximum absolute atomic E-state index is 9.31. The van der Waals surface area contributed by atoms with Gasteiger partial charge in [0, 0.05) is 5.69 Å². The summed E-state index contributed by atoms with van der Waals surface area (Å²) in [6.45, 7) is 0. The molecule has 8 heteroatoms. The molecule has 0 aliphatic rings. The van der Waals surface area contributed by atoms with Gasteiger partial charge in [0.05, 0.1) is 28.2 Å². The Bertz CT molecular complexity index is 1250. The number of nitrogens with one attached hydrogen (secondary N) is 1. The molecule has 0 fully saturated rings. The molecule has 4 rings (SSSR count). The van der Waals surface area contributed by atoms with Crippen molar-refractivity contribution in [2.45, 2.75) is 5.92 Å². The second-order valence-electron chi connectivity index (χ2n) is 5.75. The molecule has 0 spiro atoms. The summed E-state index contributed by atoms with van der Waals surface area (Å²) in [7, 11) is 0. The van der Waals surface area contributed by atoms with Gasteiger partial charge in [0.15, 0.2) is 11.6 Å². The first-order valence-corrected chi connectivity index (χ1v) is 9.19. The van der Waals surface area contributed by atoms with Crippen molar-refractivity contribution < 1.29 is 0 Å². The quantitative estimate of drug-likeness (QED) is 0.543. The first-order valence-electron chi connectivity index (χ1n) is 8.37. The molecule has 0 unspecified atom stereocenters. The van der Waals surface area contributed by atoms with Gasteiger partial charge >= 0.3 is 0 Å². The summed E-state index contributed by atoms with van der Waals surface area (Å²) in [6, 6.07) is 23.2. The maximum Gasteiger partial charge on any atom is 0.215 e. The topological polar surface area (TPSA) is 103 Å². The number of hydrogen-bond donors (Lipinski definition) is 1. The standard InChI is InChI=1S/C20H13N7S/c21-11-14(12-22)17-18-19(24-13-23-17)27(16-9-5-2-6-10-16)20(28-18)26-25-15-7-3-1-4-8-15/h1-10,13-14,25H/b26-20-. The third-order valence-corrected chi connectivity index (χ3v) is 5.06. The molecule has 0 aliphatic heterocycles. The smallest absolute Gasteiger partial charge is 0.215 e. The lowest BCUT2D eigenvalue weighted by atomic mass is 10.1. The minimum absolute atomic E-state index is 0.394. The van der Waals surface area contributed by atoms with E-state index in [0.717, 1.165) is 11.4 Å². The van der Waals surface area contributed by atoms with E-state index >= 15 is 0 Å². The zero-order valence-corrected chi connectivity index (χ0v) is 15.3. The lowest BCUT2D eigenvalue weighted by Crippen LogP contribution is -2.15. The SMILES string of the molecule is N#CC(C#N)c1ncnc2c1s/c(=N\Nc1ccccc1)n2-c1ccccc1. The van der Waals surface area contributed by atoms with Gasteiger partial charge < -0.3 is 0 Å². The number of anilines is 1. The summed E-state index contributed by atoms with van der Waals surface area (Å²) >= 11 is 1.33. The summed E-state index contributed by atoms with van der Waals surface area (Å²) < 4.78 is 2.54. The van der Waals surface area contributed by atoms with Crippen LogP contribution in [-0.4, -0.2) is 14.5 Å². The van der Waals surface area contributed by atoms with Crippen LogP contribution in [0.1, 0.15) is 11.6 Å². The Balaban J connectivity index is 1.97. The van der Waals surface area contributed by atoms with Gasteiger partial charge in [-0.15, -0.1) is 5.10 Å². The van der Waals surface area contributed by atoms with Crippen molar-refractivity contribution in [3.63, 3.8) is 0 Å². The second-order valence-corrected chi connectivity index (χ2v) is 6.73. The first-order chi connectivity index (χ1) is 13.8. The fraction of sp³-hybridized carbons (Fsp3) is 0.0500. The monoisotopic (exact) mass is 383 g/mol. The van der Waals surface area contributed by atoms with E-state index in [9.17, 15) is 10.5 Å². The number of aromatic nitrogens is 3. The Morgan fingerprint density at radius 3 is 2.32 bits per heavy atom. The zero-order chi connectivity index (χ0) is 19.3. The molecule has 7 nitrogen and oxygen atoms in total. The average molecular weight is 383 g/mol. The highest BCUT2D eigenvalue weighted by atomic mass is 32.1. The molecule has 2 aromatic carbocycles. The van der Waals surface area contributed by atoms with Crippen LogP contribution in [0.2, 0.25) is 0 Å². The van der Waals surface area contributed by atoms with Crippen molar-refractivity contribution >= 4 is 27.4 Å². The molecule has 28 heavy (non-hydrogen) atoms. The lowest BCUT2D eigenvalue weighted by Gasteiger charge is -2.05. The van der Waals surface area contributed by atoms with E-state index in [1.807, 2.05) is 77.4 Å². The van der Waals surface area contributed by atoms with Gasteiger partial charge in [0.2, 0.25) is 4.80 Å². The Morgan fingerprint density at radius 2 is 1.64 bits per heavy atom. The predicted octanol–water partition coefficient (Wildman–Crippen LogP) is 3.54. The molecule has 0 amide bonds. The van der Waals surface area contributed by atoms with E-state index in [2.05, 4.69) is 20.5 Å². The van der Waals surface area contributed by atoms with Gasteiger partial charge in [-0.2, -0.15) is 10.5 Å².